The molecule has 0 aliphatic carbocycles. The SMILES string of the molecule is CC1(NN)N=CC(Nc2cccc(N3CCOCC3)n2)NC1=NCc1ccc2ncccc2c1. The maximum Gasteiger partial charge on any atom is 0.177 e. The zero-order chi connectivity index (χ0) is 23.4. The normalized spacial score (nSPS) is 23.8. The Morgan fingerprint density at radius 1 is 1.21 bits per heavy atom. The Kier molecular flexibility index (Phi) is 6.35. The number of benzene rings is 1. The Bertz CT molecular complexity index is 1210. The van der Waals surface area contributed by atoms with Crippen LogP contribution in [0.3, 0.4) is 0 Å². The first kappa shape index (κ1) is 22.2. The van der Waals surface area contributed by atoms with E-state index in [2.05, 4.69) is 37.0 Å². The molecule has 2 aromatic heterocycles. The van der Waals surface area contributed by atoms with Crippen LogP contribution in [-0.4, -0.2) is 60.2 Å². The number of ether oxygens (including phenoxy) is 1. The van der Waals surface area contributed by atoms with Gasteiger partial charge in [-0.05, 0) is 42.8 Å². The van der Waals surface area contributed by atoms with Gasteiger partial charge in [-0.25, -0.2) is 10.4 Å². The number of nitrogens with one attached hydrogen (secondary N) is 3. The summed E-state index contributed by atoms with van der Waals surface area (Å²) in [5.74, 6) is 8.15. The van der Waals surface area contributed by atoms with Crippen molar-refractivity contribution in [3.63, 3.8) is 0 Å². The van der Waals surface area contributed by atoms with Gasteiger partial charge in [0.15, 0.2) is 5.66 Å². The highest BCUT2D eigenvalue weighted by molar-refractivity contribution is 5.97. The summed E-state index contributed by atoms with van der Waals surface area (Å²) >= 11 is 0. The van der Waals surface area contributed by atoms with Crippen LogP contribution in [0.2, 0.25) is 0 Å². The van der Waals surface area contributed by atoms with Gasteiger partial charge >= 0.3 is 0 Å². The number of hydrogen-bond donors (Lipinski definition) is 4. The largest absolute Gasteiger partial charge is 0.378 e. The summed E-state index contributed by atoms with van der Waals surface area (Å²) in [4.78, 5) is 20.8. The van der Waals surface area contributed by atoms with Gasteiger partial charge in [0.25, 0.3) is 0 Å². The number of anilines is 2. The summed E-state index contributed by atoms with van der Waals surface area (Å²) in [5, 5.41) is 7.88. The van der Waals surface area contributed by atoms with E-state index in [-0.39, 0.29) is 6.17 Å². The van der Waals surface area contributed by atoms with Gasteiger partial charge in [0, 0.05) is 30.9 Å². The lowest BCUT2D eigenvalue weighted by Gasteiger charge is -2.34. The summed E-state index contributed by atoms with van der Waals surface area (Å²) in [7, 11) is 0. The van der Waals surface area contributed by atoms with E-state index in [4.69, 9.17) is 20.6 Å². The summed E-state index contributed by atoms with van der Waals surface area (Å²) in [5.41, 5.74) is 3.96. The Hall–Kier alpha value is -3.60. The zero-order valence-electron chi connectivity index (χ0n) is 19.1. The molecular formula is C24H29N9O. The van der Waals surface area contributed by atoms with E-state index in [1.54, 1.807) is 12.4 Å². The minimum Gasteiger partial charge on any atom is -0.378 e. The molecule has 1 fully saturated rings. The maximum absolute atomic E-state index is 5.83. The number of hydrogen-bond acceptors (Lipinski definition) is 9. The molecule has 1 saturated heterocycles. The molecule has 4 heterocycles. The lowest BCUT2D eigenvalue weighted by molar-refractivity contribution is 0.122. The van der Waals surface area contributed by atoms with E-state index in [0.29, 0.717) is 25.6 Å². The number of nitrogens with zero attached hydrogens (tertiary/aromatic N) is 5. The molecule has 34 heavy (non-hydrogen) atoms. The third-order valence-corrected chi connectivity index (χ3v) is 5.98. The van der Waals surface area contributed by atoms with Gasteiger partial charge in [-0.1, -0.05) is 18.2 Å². The maximum atomic E-state index is 5.83. The van der Waals surface area contributed by atoms with Gasteiger partial charge in [0.1, 0.15) is 23.6 Å². The molecule has 0 spiro atoms. The van der Waals surface area contributed by atoms with Gasteiger partial charge in [-0.3, -0.25) is 20.8 Å². The van der Waals surface area contributed by atoms with Crippen LogP contribution in [0, 0.1) is 0 Å². The molecule has 10 heteroatoms. The molecule has 0 bridgehead atoms. The highest BCUT2D eigenvalue weighted by Gasteiger charge is 2.33. The van der Waals surface area contributed by atoms with E-state index in [0.717, 1.165) is 41.2 Å². The fourth-order valence-corrected chi connectivity index (χ4v) is 4.01. The Balaban J connectivity index is 1.32. The number of amidine groups is 1. The monoisotopic (exact) mass is 459 g/mol. The number of morpholine rings is 1. The van der Waals surface area contributed by atoms with Crippen molar-refractivity contribution in [1.29, 1.82) is 0 Å². The number of hydrazine groups is 1. The molecule has 10 nitrogen and oxygen atoms in total. The first-order valence-electron chi connectivity index (χ1n) is 11.4. The smallest absolute Gasteiger partial charge is 0.177 e. The van der Waals surface area contributed by atoms with Crippen molar-refractivity contribution >= 4 is 34.6 Å². The van der Waals surface area contributed by atoms with Crippen molar-refractivity contribution in [3.8, 4) is 0 Å². The quantitative estimate of drug-likeness (QED) is 0.324. The third-order valence-electron chi connectivity index (χ3n) is 5.98. The van der Waals surface area contributed by atoms with Crippen LogP contribution in [0.15, 0.2) is 64.7 Å². The van der Waals surface area contributed by atoms with E-state index in [1.807, 2.05) is 49.4 Å². The van der Waals surface area contributed by atoms with Gasteiger partial charge in [-0.15, -0.1) is 0 Å². The lowest BCUT2D eigenvalue weighted by Crippen LogP contribution is -2.63. The summed E-state index contributed by atoms with van der Waals surface area (Å²) in [6.45, 7) is 5.47. The molecule has 3 aromatic rings. The number of nitrogens with two attached hydrogens (primary N) is 1. The molecule has 2 atom stereocenters. The molecule has 5 N–H and O–H groups in total. The van der Waals surface area contributed by atoms with Crippen molar-refractivity contribution in [2.24, 2.45) is 15.8 Å². The van der Waals surface area contributed by atoms with Crippen LogP contribution in [0.4, 0.5) is 11.6 Å². The predicted molar refractivity (Wildman–Crippen MR) is 135 cm³/mol. The number of aliphatic imine (C=N–C) groups is 2. The first-order chi connectivity index (χ1) is 16.6. The van der Waals surface area contributed by atoms with Crippen LogP contribution >= 0.6 is 0 Å². The standard InChI is InChI=1S/C24H29N9O/c1-24(32-25)23(27-15-17-7-8-19-18(14-17)4-3-9-26-19)31-21(16-28-24)29-20-5-2-6-22(30-20)33-10-12-34-13-11-33/h2-9,14,16,21,32H,10-13,15,25H2,1H3,(H,27,31)(H,29,30). The minimum absolute atomic E-state index is 0.284. The topological polar surface area (TPSA) is 125 Å². The summed E-state index contributed by atoms with van der Waals surface area (Å²) in [6.07, 6.45) is 3.29. The van der Waals surface area contributed by atoms with Crippen molar-refractivity contribution in [2.75, 3.05) is 36.5 Å². The van der Waals surface area contributed by atoms with Gasteiger partial charge in [0.2, 0.25) is 0 Å². The average Bonchev–Trinajstić information content (AvgIpc) is 2.89. The van der Waals surface area contributed by atoms with Gasteiger partial charge in [-0.2, -0.15) is 0 Å². The molecule has 0 saturated carbocycles. The molecule has 2 unspecified atom stereocenters. The van der Waals surface area contributed by atoms with Crippen molar-refractivity contribution < 1.29 is 4.74 Å². The number of pyridine rings is 2. The summed E-state index contributed by atoms with van der Waals surface area (Å²) < 4.78 is 5.45. The van der Waals surface area contributed by atoms with Crippen LogP contribution < -0.4 is 26.8 Å². The number of rotatable bonds is 6. The molecule has 2 aliphatic heterocycles. The molecular weight excluding hydrogens is 430 g/mol. The van der Waals surface area contributed by atoms with Gasteiger partial charge in [0.05, 0.1) is 25.3 Å². The second kappa shape index (κ2) is 9.72. The average molecular weight is 460 g/mol. The van der Waals surface area contributed by atoms with Crippen LogP contribution in [-0.2, 0) is 11.3 Å². The highest BCUT2D eigenvalue weighted by atomic mass is 16.5. The number of aromatic nitrogens is 2. The molecule has 5 rings (SSSR count). The van der Waals surface area contributed by atoms with E-state index in [9.17, 15) is 0 Å². The van der Waals surface area contributed by atoms with Crippen LogP contribution in [0.25, 0.3) is 10.9 Å². The van der Waals surface area contributed by atoms with E-state index < -0.39 is 5.66 Å². The number of fused-ring (bicyclic) bond motifs is 1. The Morgan fingerprint density at radius 3 is 2.94 bits per heavy atom. The Morgan fingerprint density at radius 2 is 2.09 bits per heavy atom. The minimum atomic E-state index is -0.848. The second-order valence-electron chi connectivity index (χ2n) is 8.44. The third kappa shape index (κ3) is 4.84. The predicted octanol–water partition coefficient (Wildman–Crippen LogP) is 1.66. The molecule has 1 aromatic carbocycles. The molecule has 2 aliphatic rings. The van der Waals surface area contributed by atoms with Crippen LogP contribution in [0.5, 0.6) is 0 Å². The first-order valence-corrected chi connectivity index (χ1v) is 11.4. The van der Waals surface area contributed by atoms with Crippen molar-refractivity contribution in [3.05, 3.63) is 60.3 Å². The fourth-order valence-electron chi connectivity index (χ4n) is 4.01. The van der Waals surface area contributed by atoms with Gasteiger partial charge < -0.3 is 20.3 Å². The zero-order valence-corrected chi connectivity index (χ0v) is 19.1. The Labute approximate surface area is 198 Å². The molecule has 0 amide bonds. The van der Waals surface area contributed by atoms with Crippen LogP contribution in [0.1, 0.15) is 12.5 Å². The lowest BCUT2D eigenvalue weighted by atomic mass is 10.1. The molecule has 0 radical (unpaired) electrons. The highest BCUT2D eigenvalue weighted by Crippen LogP contribution is 2.19. The fraction of sp³-hybridized carbons (Fsp3) is 0.333. The van der Waals surface area contributed by atoms with Crippen molar-refractivity contribution in [1.82, 2.24) is 20.7 Å². The second-order valence-corrected chi connectivity index (χ2v) is 8.44. The van der Waals surface area contributed by atoms with Crippen molar-refractivity contribution in [2.45, 2.75) is 25.3 Å². The molecule has 176 valence electrons. The summed E-state index contributed by atoms with van der Waals surface area (Å²) in [6, 6.07) is 16.1. The van der Waals surface area contributed by atoms with E-state index in [1.165, 1.54) is 0 Å². The van der Waals surface area contributed by atoms with E-state index >= 15 is 0 Å².